The van der Waals surface area contributed by atoms with E-state index in [0.29, 0.717) is 19.6 Å². The second kappa shape index (κ2) is 7.50. The van der Waals surface area contributed by atoms with Crippen LogP contribution in [-0.4, -0.2) is 59.9 Å². The molecule has 0 unspecified atom stereocenters. The molecular formula is C21H29N3O3. The molecule has 0 aromatic heterocycles. The van der Waals surface area contributed by atoms with E-state index in [1.807, 2.05) is 34.1 Å². The first kappa shape index (κ1) is 18.3. The minimum Gasteiger partial charge on any atom is -0.483 e. The van der Waals surface area contributed by atoms with Crippen molar-refractivity contribution in [3.8, 4) is 5.75 Å². The Morgan fingerprint density at radius 2 is 1.89 bits per heavy atom. The maximum Gasteiger partial charge on any atom is 0.225 e. The summed E-state index contributed by atoms with van der Waals surface area (Å²) in [5.74, 6) is 1.27. The van der Waals surface area contributed by atoms with Crippen molar-refractivity contribution in [2.24, 2.45) is 5.92 Å². The number of piperidine rings is 2. The third kappa shape index (κ3) is 3.81. The van der Waals surface area contributed by atoms with Gasteiger partial charge in [0.2, 0.25) is 11.8 Å². The first-order valence-electron chi connectivity index (χ1n) is 10.1. The zero-order valence-corrected chi connectivity index (χ0v) is 16.1. The second-order valence-corrected chi connectivity index (χ2v) is 8.16. The van der Waals surface area contributed by atoms with E-state index in [1.54, 1.807) is 6.92 Å². The van der Waals surface area contributed by atoms with Crippen molar-refractivity contribution in [3.63, 3.8) is 0 Å². The van der Waals surface area contributed by atoms with Gasteiger partial charge in [-0.1, -0.05) is 18.2 Å². The van der Waals surface area contributed by atoms with Crippen molar-refractivity contribution < 1.29 is 14.3 Å². The Balaban J connectivity index is 1.58. The molecule has 1 spiro atoms. The molecule has 1 aromatic carbocycles. The number of nitrogens with one attached hydrogen (secondary N) is 1. The van der Waals surface area contributed by atoms with Crippen LogP contribution in [0.3, 0.4) is 0 Å². The quantitative estimate of drug-likeness (QED) is 0.818. The van der Waals surface area contributed by atoms with Crippen LogP contribution in [0.15, 0.2) is 24.3 Å². The number of carbonyl (C=O) groups excluding carboxylic acids is 2. The van der Waals surface area contributed by atoms with Crippen LogP contribution in [-0.2, 0) is 16.1 Å². The van der Waals surface area contributed by atoms with Crippen LogP contribution in [0.5, 0.6) is 5.75 Å². The first-order valence-corrected chi connectivity index (χ1v) is 10.1. The first-order chi connectivity index (χ1) is 13.1. The summed E-state index contributed by atoms with van der Waals surface area (Å²) in [5, 5.41) is 3.33. The van der Waals surface area contributed by atoms with Crippen molar-refractivity contribution in [2.45, 2.75) is 44.8 Å². The number of ether oxygens (including phenoxy) is 1. The summed E-state index contributed by atoms with van der Waals surface area (Å²) in [5.41, 5.74) is 0.519. The molecule has 6 heteroatoms. The van der Waals surface area contributed by atoms with Crippen LogP contribution >= 0.6 is 0 Å². The predicted molar refractivity (Wildman–Crippen MR) is 102 cm³/mol. The van der Waals surface area contributed by atoms with E-state index in [-0.39, 0.29) is 17.7 Å². The number of rotatable bonds is 1. The Labute approximate surface area is 160 Å². The van der Waals surface area contributed by atoms with Gasteiger partial charge in [-0.25, -0.2) is 0 Å². The van der Waals surface area contributed by atoms with Gasteiger partial charge in [0.1, 0.15) is 11.4 Å². The van der Waals surface area contributed by atoms with E-state index in [9.17, 15) is 9.59 Å². The lowest BCUT2D eigenvalue weighted by molar-refractivity contribution is -0.144. The van der Waals surface area contributed by atoms with Crippen molar-refractivity contribution in [1.29, 1.82) is 0 Å². The van der Waals surface area contributed by atoms with Crippen molar-refractivity contribution in [1.82, 2.24) is 15.1 Å². The van der Waals surface area contributed by atoms with Crippen LogP contribution in [0, 0.1) is 5.92 Å². The summed E-state index contributed by atoms with van der Waals surface area (Å²) >= 11 is 0. The molecule has 3 heterocycles. The zero-order chi connectivity index (χ0) is 18.9. The average molecular weight is 371 g/mol. The van der Waals surface area contributed by atoms with E-state index in [1.165, 1.54) is 0 Å². The lowest BCUT2D eigenvalue weighted by Crippen LogP contribution is -2.59. The zero-order valence-electron chi connectivity index (χ0n) is 16.1. The van der Waals surface area contributed by atoms with Gasteiger partial charge in [0.15, 0.2) is 0 Å². The number of nitrogens with zero attached hydrogens (tertiary/aromatic N) is 2. The highest BCUT2D eigenvalue weighted by Crippen LogP contribution is 2.35. The summed E-state index contributed by atoms with van der Waals surface area (Å²) in [4.78, 5) is 29.2. The third-order valence-electron chi connectivity index (χ3n) is 6.12. The Hall–Kier alpha value is -2.08. The summed E-state index contributed by atoms with van der Waals surface area (Å²) in [7, 11) is 0. The molecule has 2 saturated heterocycles. The van der Waals surface area contributed by atoms with E-state index in [2.05, 4.69) is 5.32 Å². The Morgan fingerprint density at radius 3 is 2.67 bits per heavy atom. The fraction of sp³-hybridized carbons (Fsp3) is 0.619. The largest absolute Gasteiger partial charge is 0.483 e. The normalized spacial score (nSPS) is 26.3. The number of para-hydroxylation sites is 1. The molecule has 1 atom stereocenters. The van der Waals surface area contributed by atoms with Crippen molar-refractivity contribution >= 4 is 11.8 Å². The highest BCUT2D eigenvalue weighted by atomic mass is 16.5. The smallest absolute Gasteiger partial charge is 0.225 e. The molecule has 0 bridgehead atoms. The number of carbonyl (C=O) groups is 2. The van der Waals surface area contributed by atoms with E-state index < -0.39 is 5.60 Å². The molecule has 27 heavy (non-hydrogen) atoms. The lowest BCUT2D eigenvalue weighted by atomic mass is 9.89. The Bertz CT molecular complexity index is 716. The summed E-state index contributed by atoms with van der Waals surface area (Å²) < 4.78 is 6.53. The topological polar surface area (TPSA) is 61.9 Å². The number of amides is 2. The van der Waals surface area contributed by atoms with Crippen LogP contribution in [0.4, 0.5) is 0 Å². The minimum absolute atomic E-state index is 0.0523. The summed E-state index contributed by atoms with van der Waals surface area (Å²) in [6.07, 6.45) is 3.59. The second-order valence-electron chi connectivity index (χ2n) is 8.16. The van der Waals surface area contributed by atoms with Crippen LogP contribution < -0.4 is 10.1 Å². The highest BCUT2D eigenvalue weighted by Gasteiger charge is 2.44. The average Bonchev–Trinajstić information content (AvgIpc) is 2.84. The molecule has 146 valence electrons. The van der Waals surface area contributed by atoms with Crippen LogP contribution in [0.1, 0.15) is 38.2 Å². The minimum atomic E-state index is -0.515. The Morgan fingerprint density at radius 1 is 1.15 bits per heavy atom. The van der Waals surface area contributed by atoms with E-state index in [0.717, 1.165) is 56.6 Å². The van der Waals surface area contributed by atoms with Gasteiger partial charge < -0.3 is 19.9 Å². The third-order valence-corrected chi connectivity index (χ3v) is 6.12. The summed E-state index contributed by atoms with van der Waals surface area (Å²) in [6, 6.07) is 7.95. The monoisotopic (exact) mass is 371 g/mol. The van der Waals surface area contributed by atoms with Gasteiger partial charge >= 0.3 is 0 Å². The maximum absolute atomic E-state index is 13.1. The standard InChI is InChI=1S/C21H29N3O3/c1-16(25)24-13-18-5-2-3-6-19(18)27-21(15-24)9-4-12-23(14-21)20(26)17-7-10-22-11-8-17/h2-3,5-6,17,22H,4,7-15H2,1H3/t21-/m0/s1. The molecule has 0 aliphatic carbocycles. The molecule has 0 radical (unpaired) electrons. The number of benzene rings is 1. The molecule has 1 N–H and O–H groups in total. The SMILES string of the molecule is CC(=O)N1Cc2ccccc2O[C@]2(CCCN(C(=O)C3CCNCC3)C2)C1. The lowest BCUT2D eigenvalue weighted by Gasteiger charge is -2.44. The molecule has 4 rings (SSSR count). The van der Waals surface area contributed by atoms with Gasteiger partial charge in [0.25, 0.3) is 0 Å². The number of likely N-dealkylation sites (tertiary alicyclic amines) is 1. The summed E-state index contributed by atoms with van der Waals surface area (Å²) in [6.45, 7) is 5.89. The Kier molecular flexibility index (Phi) is 5.08. The molecule has 1 aromatic rings. The maximum atomic E-state index is 13.1. The van der Waals surface area contributed by atoms with Gasteiger partial charge in [-0.2, -0.15) is 0 Å². The number of hydrogen-bond acceptors (Lipinski definition) is 4. The van der Waals surface area contributed by atoms with E-state index >= 15 is 0 Å². The van der Waals surface area contributed by atoms with Crippen molar-refractivity contribution in [2.75, 3.05) is 32.7 Å². The van der Waals surface area contributed by atoms with Gasteiger partial charge in [-0.3, -0.25) is 9.59 Å². The molecule has 6 nitrogen and oxygen atoms in total. The fourth-order valence-electron chi connectivity index (χ4n) is 4.66. The number of hydrogen-bond donors (Lipinski definition) is 1. The van der Waals surface area contributed by atoms with Crippen molar-refractivity contribution in [3.05, 3.63) is 29.8 Å². The predicted octanol–water partition coefficient (Wildman–Crippen LogP) is 1.79. The van der Waals surface area contributed by atoms with E-state index in [4.69, 9.17) is 4.74 Å². The number of fused-ring (bicyclic) bond motifs is 1. The van der Waals surface area contributed by atoms with Crippen LogP contribution in [0.2, 0.25) is 0 Å². The molecule has 2 fully saturated rings. The van der Waals surface area contributed by atoms with Gasteiger partial charge in [0.05, 0.1) is 13.1 Å². The van der Waals surface area contributed by atoms with Gasteiger partial charge in [-0.05, 0) is 44.8 Å². The van der Waals surface area contributed by atoms with Crippen LogP contribution in [0.25, 0.3) is 0 Å². The van der Waals surface area contributed by atoms with Gasteiger partial charge in [0, 0.05) is 31.5 Å². The van der Waals surface area contributed by atoms with Gasteiger partial charge in [-0.15, -0.1) is 0 Å². The molecule has 2 amide bonds. The highest BCUT2D eigenvalue weighted by molar-refractivity contribution is 5.79. The fourth-order valence-corrected chi connectivity index (χ4v) is 4.66. The molecule has 0 saturated carbocycles. The molecular weight excluding hydrogens is 342 g/mol. The molecule has 3 aliphatic rings. The molecule has 3 aliphatic heterocycles.